The maximum Gasteiger partial charge on any atom is 0.254 e. The lowest BCUT2D eigenvalue weighted by Gasteiger charge is -2.06. The zero-order valence-electron chi connectivity index (χ0n) is 11.0. The van der Waals surface area contributed by atoms with Crippen LogP contribution in [0, 0.1) is 12.7 Å². The SMILES string of the molecule is Cc1ccc(F)c(C(=O)NCCc2ccn(C)n2)c1. The van der Waals surface area contributed by atoms with Gasteiger partial charge >= 0.3 is 0 Å². The van der Waals surface area contributed by atoms with Crippen molar-refractivity contribution in [2.75, 3.05) is 6.54 Å². The number of aromatic nitrogens is 2. The van der Waals surface area contributed by atoms with Gasteiger partial charge in [-0.05, 0) is 25.1 Å². The molecule has 1 aromatic carbocycles. The smallest absolute Gasteiger partial charge is 0.254 e. The van der Waals surface area contributed by atoms with E-state index in [4.69, 9.17) is 0 Å². The van der Waals surface area contributed by atoms with Crippen LogP contribution in [0.3, 0.4) is 0 Å². The third-order valence-electron chi connectivity index (χ3n) is 2.80. The Hall–Kier alpha value is -2.17. The Morgan fingerprint density at radius 3 is 2.89 bits per heavy atom. The standard InChI is InChI=1S/C14H16FN3O/c1-10-3-4-13(15)12(9-10)14(19)16-7-5-11-6-8-18(2)17-11/h3-4,6,8-9H,5,7H2,1-2H3,(H,16,19). The first kappa shape index (κ1) is 13.3. The molecule has 0 saturated heterocycles. The highest BCUT2D eigenvalue weighted by Gasteiger charge is 2.11. The predicted molar refractivity (Wildman–Crippen MR) is 70.4 cm³/mol. The topological polar surface area (TPSA) is 46.9 Å². The summed E-state index contributed by atoms with van der Waals surface area (Å²) in [6.45, 7) is 2.26. The lowest BCUT2D eigenvalue weighted by atomic mass is 10.1. The molecular weight excluding hydrogens is 245 g/mol. The van der Waals surface area contributed by atoms with Crippen LogP contribution in [0.15, 0.2) is 30.5 Å². The second-order valence-corrected chi connectivity index (χ2v) is 4.47. The van der Waals surface area contributed by atoms with Crippen molar-refractivity contribution in [1.29, 1.82) is 0 Å². The van der Waals surface area contributed by atoms with Gasteiger partial charge in [0.1, 0.15) is 5.82 Å². The predicted octanol–water partition coefficient (Wildman–Crippen LogP) is 1.84. The molecule has 0 aliphatic rings. The van der Waals surface area contributed by atoms with Gasteiger partial charge in [-0.15, -0.1) is 0 Å². The minimum absolute atomic E-state index is 0.0843. The van der Waals surface area contributed by atoms with Crippen LogP contribution in [-0.4, -0.2) is 22.2 Å². The minimum Gasteiger partial charge on any atom is -0.352 e. The number of halogens is 1. The molecule has 19 heavy (non-hydrogen) atoms. The molecule has 0 spiro atoms. The van der Waals surface area contributed by atoms with Crippen molar-refractivity contribution in [3.8, 4) is 0 Å². The van der Waals surface area contributed by atoms with Crippen molar-refractivity contribution >= 4 is 5.91 Å². The summed E-state index contributed by atoms with van der Waals surface area (Å²) in [5, 5.41) is 6.90. The van der Waals surface area contributed by atoms with Crippen molar-refractivity contribution in [3.63, 3.8) is 0 Å². The van der Waals surface area contributed by atoms with E-state index >= 15 is 0 Å². The molecule has 1 amide bonds. The molecule has 5 heteroatoms. The average Bonchev–Trinajstić information content (AvgIpc) is 2.78. The first-order valence-electron chi connectivity index (χ1n) is 6.09. The first-order chi connectivity index (χ1) is 9.06. The summed E-state index contributed by atoms with van der Waals surface area (Å²) < 4.78 is 15.2. The molecule has 0 bridgehead atoms. The fraction of sp³-hybridized carbons (Fsp3) is 0.286. The van der Waals surface area contributed by atoms with Crippen LogP contribution < -0.4 is 5.32 Å². The third-order valence-corrected chi connectivity index (χ3v) is 2.80. The van der Waals surface area contributed by atoms with Gasteiger partial charge in [-0.25, -0.2) is 4.39 Å². The number of amides is 1. The Morgan fingerprint density at radius 2 is 2.21 bits per heavy atom. The number of carbonyl (C=O) groups is 1. The lowest BCUT2D eigenvalue weighted by Crippen LogP contribution is -2.26. The van der Waals surface area contributed by atoms with Gasteiger partial charge in [-0.2, -0.15) is 5.10 Å². The maximum atomic E-state index is 13.5. The van der Waals surface area contributed by atoms with E-state index in [2.05, 4.69) is 10.4 Å². The van der Waals surface area contributed by atoms with Crippen molar-refractivity contribution in [2.45, 2.75) is 13.3 Å². The Morgan fingerprint density at radius 1 is 1.42 bits per heavy atom. The maximum absolute atomic E-state index is 13.5. The summed E-state index contributed by atoms with van der Waals surface area (Å²) in [6.07, 6.45) is 2.47. The van der Waals surface area contributed by atoms with Crippen molar-refractivity contribution < 1.29 is 9.18 Å². The summed E-state index contributed by atoms with van der Waals surface area (Å²) in [6, 6.07) is 6.38. The zero-order chi connectivity index (χ0) is 13.8. The second-order valence-electron chi connectivity index (χ2n) is 4.47. The average molecular weight is 261 g/mol. The quantitative estimate of drug-likeness (QED) is 0.913. The van der Waals surface area contributed by atoms with Crippen LogP contribution in [0.2, 0.25) is 0 Å². The monoisotopic (exact) mass is 261 g/mol. The van der Waals surface area contributed by atoms with Crippen LogP contribution >= 0.6 is 0 Å². The molecule has 2 aromatic rings. The van der Waals surface area contributed by atoms with Crippen LogP contribution in [0.25, 0.3) is 0 Å². The molecule has 0 fully saturated rings. The van der Waals surface area contributed by atoms with Crippen molar-refractivity contribution in [3.05, 3.63) is 53.1 Å². The van der Waals surface area contributed by atoms with Gasteiger partial charge in [0.2, 0.25) is 0 Å². The zero-order valence-corrected chi connectivity index (χ0v) is 11.0. The third kappa shape index (κ3) is 3.40. The van der Waals surface area contributed by atoms with Gasteiger partial charge in [0.25, 0.3) is 5.91 Å². The number of nitrogens with one attached hydrogen (secondary N) is 1. The lowest BCUT2D eigenvalue weighted by molar-refractivity contribution is 0.0950. The molecule has 0 atom stereocenters. The summed E-state index contributed by atoms with van der Waals surface area (Å²) >= 11 is 0. The highest BCUT2D eigenvalue weighted by Crippen LogP contribution is 2.09. The van der Waals surface area contributed by atoms with E-state index in [1.165, 1.54) is 6.07 Å². The first-order valence-corrected chi connectivity index (χ1v) is 6.09. The molecule has 1 aromatic heterocycles. The molecule has 0 unspecified atom stereocenters. The summed E-state index contributed by atoms with van der Waals surface area (Å²) in [5.41, 5.74) is 1.84. The van der Waals surface area contributed by atoms with Gasteiger partial charge in [0.05, 0.1) is 11.3 Å². The van der Waals surface area contributed by atoms with Gasteiger partial charge in [0.15, 0.2) is 0 Å². The largest absolute Gasteiger partial charge is 0.352 e. The van der Waals surface area contributed by atoms with Crippen molar-refractivity contribution in [2.24, 2.45) is 7.05 Å². The van der Waals surface area contributed by atoms with Crippen LogP contribution in [0.1, 0.15) is 21.6 Å². The van der Waals surface area contributed by atoms with E-state index in [9.17, 15) is 9.18 Å². The van der Waals surface area contributed by atoms with Crippen LogP contribution in [-0.2, 0) is 13.5 Å². The van der Waals surface area contributed by atoms with E-state index in [1.807, 2.05) is 26.2 Å². The highest BCUT2D eigenvalue weighted by atomic mass is 19.1. The number of hydrogen-bond acceptors (Lipinski definition) is 2. The van der Waals surface area contributed by atoms with E-state index < -0.39 is 11.7 Å². The van der Waals surface area contributed by atoms with Gasteiger partial charge in [-0.3, -0.25) is 9.48 Å². The number of nitrogens with zero attached hydrogens (tertiary/aromatic N) is 2. The molecule has 0 radical (unpaired) electrons. The fourth-order valence-corrected chi connectivity index (χ4v) is 1.81. The summed E-state index contributed by atoms with van der Waals surface area (Å²) in [4.78, 5) is 11.8. The fourth-order valence-electron chi connectivity index (χ4n) is 1.81. The highest BCUT2D eigenvalue weighted by molar-refractivity contribution is 5.94. The Labute approximate surface area is 111 Å². The van der Waals surface area contributed by atoms with E-state index in [0.29, 0.717) is 13.0 Å². The molecule has 1 N–H and O–H groups in total. The number of carbonyl (C=O) groups excluding carboxylic acids is 1. The van der Waals surface area contributed by atoms with E-state index in [1.54, 1.807) is 16.8 Å². The molecule has 4 nitrogen and oxygen atoms in total. The molecule has 1 heterocycles. The second kappa shape index (κ2) is 5.65. The summed E-state index contributed by atoms with van der Waals surface area (Å²) in [7, 11) is 1.84. The van der Waals surface area contributed by atoms with Gasteiger partial charge < -0.3 is 5.32 Å². The Kier molecular flexibility index (Phi) is 3.94. The molecular formula is C14H16FN3O. The van der Waals surface area contributed by atoms with Crippen molar-refractivity contribution in [1.82, 2.24) is 15.1 Å². The molecule has 100 valence electrons. The molecule has 2 rings (SSSR count). The number of aryl methyl sites for hydroxylation is 2. The minimum atomic E-state index is -0.499. The van der Waals surface area contributed by atoms with Crippen LogP contribution in [0.4, 0.5) is 4.39 Å². The molecule has 0 aliphatic heterocycles. The normalized spacial score (nSPS) is 10.5. The van der Waals surface area contributed by atoms with E-state index in [0.717, 1.165) is 11.3 Å². The van der Waals surface area contributed by atoms with E-state index in [-0.39, 0.29) is 5.56 Å². The van der Waals surface area contributed by atoms with Gasteiger partial charge in [-0.1, -0.05) is 11.6 Å². The molecule has 0 saturated carbocycles. The summed E-state index contributed by atoms with van der Waals surface area (Å²) in [5.74, 6) is -0.891. The Balaban J connectivity index is 1.92. The number of rotatable bonds is 4. The van der Waals surface area contributed by atoms with Gasteiger partial charge in [0, 0.05) is 26.2 Å². The number of benzene rings is 1. The Bertz CT molecular complexity index is 592. The van der Waals surface area contributed by atoms with Crippen LogP contribution in [0.5, 0.6) is 0 Å². The number of hydrogen-bond donors (Lipinski definition) is 1. The molecule has 0 aliphatic carbocycles.